The van der Waals surface area contributed by atoms with Crippen LogP contribution in [0, 0.1) is 0 Å². The number of hydrogen-bond acceptors (Lipinski definition) is 14. The van der Waals surface area contributed by atoms with Crippen LogP contribution in [0.25, 0.3) is 23.2 Å². The molecule has 0 atom stereocenters. The van der Waals surface area contributed by atoms with Crippen LogP contribution in [0.2, 0.25) is 0 Å². The summed E-state index contributed by atoms with van der Waals surface area (Å²) in [6.45, 7) is -0.782. The van der Waals surface area contributed by atoms with Gasteiger partial charge in [-0.1, -0.05) is 31.7 Å². The van der Waals surface area contributed by atoms with Gasteiger partial charge < -0.3 is 24.5 Å². The monoisotopic (exact) mass is 1000 g/mol. The van der Waals surface area contributed by atoms with Gasteiger partial charge in [0.1, 0.15) is 17.4 Å². The Morgan fingerprint density at radius 2 is 1.04 bits per heavy atom. The van der Waals surface area contributed by atoms with Crippen LogP contribution < -0.4 is 29.7 Å². The van der Waals surface area contributed by atoms with Crippen molar-refractivity contribution in [2.24, 2.45) is 0 Å². The first kappa shape index (κ1) is 55.7. The zero-order valence-corrected chi connectivity index (χ0v) is 35.1. The number of aromatic carboxylic acids is 1. The molecule has 2 N–H and O–H groups in total. The number of benzene rings is 2. The number of nitrogens with zero attached hydrogens (tertiary/aromatic N) is 10. The molecular weight excluding hydrogens is 973 g/mol. The number of carbonyl (C=O) groups is 2. The van der Waals surface area contributed by atoms with Gasteiger partial charge >= 0.3 is 43.6 Å². The van der Waals surface area contributed by atoms with E-state index < -0.39 is 76.7 Å². The zero-order valence-electron chi connectivity index (χ0n) is 35.1. The van der Waals surface area contributed by atoms with E-state index in [1.165, 1.54) is 37.2 Å². The van der Waals surface area contributed by atoms with Crippen LogP contribution in [-0.4, -0.2) is 61.7 Å². The van der Waals surface area contributed by atoms with E-state index in [4.69, 9.17) is 14.6 Å². The van der Waals surface area contributed by atoms with Crippen molar-refractivity contribution in [3.8, 4) is 23.2 Å². The third kappa shape index (κ3) is 15.1. The molecule has 16 nitrogen and oxygen atoms in total. The van der Waals surface area contributed by atoms with Crippen molar-refractivity contribution in [3.63, 3.8) is 0 Å². The Balaban J connectivity index is 0.000000252. The number of rotatable bonds is 10. The predicted octanol–water partition coefficient (Wildman–Crippen LogP) is 5.53. The van der Waals surface area contributed by atoms with Crippen LogP contribution in [0.5, 0.6) is 0 Å². The third-order valence-corrected chi connectivity index (χ3v) is 8.89. The number of anilines is 1. The minimum atomic E-state index is -4.99. The summed E-state index contributed by atoms with van der Waals surface area (Å²) in [5.41, 5.74) is 0.531. The number of alkyl halides is 12. The molecule has 0 fully saturated rings. The number of ketones is 1. The summed E-state index contributed by atoms with van der Waals surface area (Å²) >= 11 is 0. The van der Waals surface area contributed by atoms with Crippen LogP contribution >= 0.6 is 0 Å². The molecule has 0 aliphatic carbocycles. The number of halogens is 12. The standard InChI is InChI=1S/C21H13F6N5O2.C12H9F6N3.C8H5N3O3.CH4.Li/c22-20(23,24)14-5-4-13(15(8-14)21(25,26)27)11-32-10-12(9-29-32)7-17(33)19-31-30-18(34-19)16-3-1-2-6-28-16;13-11(14,15)8-2-1-7(10(3-8)12(16,17)18)5-21-6-9(19)4-20-21;12-8(13)7-11-10-6(14-7)5-3-1-2-4-9-5;;/h1-6,8-10H,7,11H2;1-4,6H,5,19H2;1-4H,(H,12,13);1H4;/q;;;;+1/p-1. The van der Waals surface area contributed by atoms with E-state index in [-0.39, 0.29) is 80.3 Å². The maximum absolute atomic E-state index is 13.3. The first-order valence-electron chi connectivity index (χ1n) is 18.9. The molecule has 6 heterocycles. The fraction of sp³-hybridized carbons (Fsp3) is 0.190. The van der Waals surface area contributed by atoms with E-state index in [1.54, 1.807) is 36.4 Å². The second kappa shape index (κ2) is 22.7. The number of aromatic nitrogens is 10. The Morgan fingerprint density at radius 3 is 1.44 bits per heavy atom. The number of pyridine rings is 2. The van der Waals surface area contributed by atoms with E-state index in [0.29, 0.717) is 29.1 Å². The van der Waals surface area contributed by atoms with Gasteiger partial charge in [-0.15, -0.1) is 20.4 Å². The fourth-order valence-electron chi connectivity index (χ4n) is 5.80. The average Bonchev–Trinajstić information content (AvgIpc) is 4.13. The second-order valence-corrected chi connectivity index (χ2v) is 13.9. The largest absolute Gasteiger partial charge is 1.00 e. The van der Waals surface area contributed by atoms with Gasteiger partial charge in [0.2, 0.25) is 5.78 Å². The van der Waals surface area contributed by atoms with E-state index >= 15 is 0 Å². The van der Waals surface area contributed by atoms with Crippen molar-refractivity contribution in [1.29, 1.82) is 0 Å². The molecule has 8 rings (SSSR count). The number of nitrogen functional groups attached to an aromatic ring is 1. The van der Waals surface area contributed by atoms with Crippen LogP contribution in [0.4, 0.5) is 58.4 Å². The van der Waals surface area contributed by atoms with Crippen molar-refractivity contribution in [2.45, 2.75) is 51.6 Å². The number of carboxylic acids is 1. The van der Waals surface area contributed by atoms with Gasteiger partial charge in [-0.3, -0.25) is 24.1 Å². The number of Topliss-reactive ketones (excluding diaryl/α,β-unsaturated/α-hetero) is 1. The molecule has 0 aliphatic heterocycles. The van der Waals surface area contributed by atoms with E-state index in [0.717, 1.165) is 21.5 Å². The molecule has 2 aromatic carbocycles. The van der Waals surface area contributed by atoms with Crippen molar-refractivity contribution in [3.05, 3.63) is 161 Å². The Labute approximate surface area is 402 Å². The third-order valence-electron chi connectivity index (χ3n) is 8.89. The Hall–Kier alpha value is -7.86. The number of nitrogens with two attached hydrogens (primary N) is 1. The van der Waals surface area contributed by atoms with Gasteiger partial charge in [0.05, 0.1) is 53.4 Å². The van der Waals surface area contributed by atoms with Crippen molar-refractivity contribution in [1.82, 2.24) is 49.9 Å². The van der Waals surface area contributed by atoms with Crippen molar-refractivity contribution < 1.29 is 95.1 Å². The van der Waals surface area contributed by atoms with Gasteiger partial charge in [-0.25, -0.2) is 0 Å². The van der Waals surface area contributed by atoms with E-state index in [2.05, 4.69) is 40.6 Å². The maximum Gasteiger partial charge on any atom is 1.00 e. The molecule has 0 saturated carbocycles. The van der Waals surface area contributed by atoms with Gasteiger partial charge in [-0.2, -0.15) is 62.9 Å². The van der Waals surface area contributed by atoms with Crippen LogP contribution in [0.15, 0.2) is 119 Å². The quantitative estimate of drug-likeness (QED) is 0.101. The molecule has 29 heteroatoms. The zero-order chi connectivity index (χ0) is 50.3. The van der Waals surface area contributed by atoms with E-state index in [9.17, 15) is 67.4 Å². The van der Waals surface area contributed by atoms with Crippen molar-refractivity contribution in [2.75, 3.05) is 5.73 Å². The van der Waals surface area contributed by atoms with Gasteiger partial charge in [0.15, 0.2) is 0 Å². The normalized spacial score (nSPS) is 11.5. The summed E-state index contributed by atoms with van der Waals surface area (Å²) in [6.07, 6.45) is -11.7. The minimum absolute atomic E-state index is 0. The molecule has 0 amide bonds. The molecule has 0 bridgehead atoms. The predicted molar refractivity (Wildman–Crippen MR) is 214 cm³/mol. The molecule has 71 heavy (non-hydrogen) atoms. The number of carbonyl (C=O) groups excluding carboxylic acids is 2. The summed E-state index contributed by atoms with van der Waals surface area (Å²) in [5, 5.41) is 32.1. The van der Waals surface area contributed by atoms with Gasteiger partial charge in [0.25, 0.3) is 23.6 Å². The second-order valence-electron chi connectivity index (χ2n) is 13.9. The first-order valence-corrected chi connectivity index (χ1v) is 18.9. The SMILES string of the molecule is C.Nc1cnn(Cc2ccc(C(F)(F)F)cc2C(F)(F)F)c1.O=C(Cc1cnn(Cc2ccc(C(F)(F)F)cc2C(F)(F)F)c1)c1nnc(-c2ccccn2)o1.O=C([O-])c1nnc(-c2ccccn2)o1.[Li+]. The smallest absolute Gasteiger partial charge is 0.540 e. The molecule has 8 aromatic rings. The fourth-order valence-corrected chi connectivity index (χ4v) is 5.80. The Kier molecular flexibility index (Phi) is 17.8. The van der Waals surface area contributed by atoms with Crippen LogP contribution in [-0.2, 0) is 44.2 Å². The van der Waals surface area contributed by atoms with Gasteiger partial charge in [-0.05, 0) is 65.2 Å². The van der Waals surface area contributed by atoms with Gasteiger partial charge in [0, 0.05) is 31.2 Å². The van der Waals surface area contributed by atoms with Crippen molar-refractivity contribution >= 4 is 17.4 Å². The molecule has 0 saturated heterocycles. The Morgan fingerprint density at radius 1 is 0.592 bits per heavy atom. The molecule has 0 aliphatic rings. The minimum Gasteiger partial charge on any atom is -0.540 e. The number of hydrogen-bond donors (Lipinski definition) is 1. The average molecular weight is 1000 g/mol. The summed E-state index contributed by atoms with van der Waals surface area (Å²) < 4.78 is 167. The first-order chi connectivity index (χ1) is 32.3. The van der Waals surface area contributed by atoms with Crippen LogP contribution in [0.3, 0.4) is 0 Å². The molecule has 0 radical (unpaired) electrons. The molecule has 0 spiro atoms. The topological polar surface area (TPSA) is 222 Å². The van der Waals surface area contributed by atoms with E-state index in [1.807, 2.05) is 0 Å². The number of carboxylic acid groups (broad SMARTS) is 1. The molecule has 6 aromatic heterocycles. The summed E-state index contributed by atoms with van der Waals surface area (Å²) in [4.78, 5) is 30.7. The maximum atomic E-state index is 13.3. The summed E-state index contributed by atoms with van der Waals surface area (Å²) in [7, 11) is 0. The summed E-state index contributed by atoms with van der Waals surface area (Å²) in [5.74, 6) is -2.79. The summed E-state index contributed by atoms with van der Waals surface area (Å²) in [6, 6.07) is 13.0. The molecule has 368 valence electrons. The Bertz CT molecular complexity index is 3030. The van der Waals surface area contributed by atoms with Crippen LogP contribution in [0.1, 0.15) is 67.7 Å². The molecular formula is C42H30F12LiN11O5. The molecule has 0 unspecified atom stereocenters.